The molecule has 0 atom stereocenters. The number of hydrogen-bond donors (Lipinski definition) is 2. The van der Waals surface area contributed by atoms with E-state index in [-0.39, 0.29) is 0 Å². The van der Waals surface area contributed by atoms with E-state index in [1.54, 1.807) is 5.70 Å². The quantitative estimate of drug-likeness (QED) is 0.283. The molecule has 0 unspecified atom stereocenters. The molecule has 0 aromatic carbocycles. The van der Waals surface area contributed by atoms with Gasteiger partial charge in [0.15, 0.2) is 0 Å². The van der Waals surface area contributed by atoms with Crippen molar-refractivity contribution in [1.29, 1.82) is 0 Å². The highest BCUT2D eigenvalue weighted by molar-refractivity contribution is 6.71. The van der Waals surface area contributed by atoms with Crippen LogP contribution in [0.25, 0.3) is 0 Å². The minimum absolute atomic E-state index is 1.01. The van der Waals surface area contributed by atoms with Gasteiger partial charge in [0.25, 0.3) is 0 Å². The molecular weight excluding hydrogens is 292 g/mol. The largest absolute Gasteiger partial charge is 0.411 e. The summed E-state index contributed by atoms with van der Waals surface area (Å²) in [4.78, 5) is 0. The third kappa shape index (κ3) is 10.7. The molecule has 0 fully saturated rings. The second-order valence-corrected chi connectivity index (χ2v) is 8.54. The number of rotatable bonds is 13. The summed E-state index contributed by atoms with van der Waals surface area (Å²) in [6, 6.07) is 0. The standard InChI is InChI=1S/C17H34N2O2Si/c1-7-10-12-14-16(4)18-20-22(6,9-3)21-19-17(5)15-13-11-8-2/h9,14-15,18-19H,3,7-8,10-13H2,1-2,4-6H3. The van der Waals surface area contributed by atoms with Crippen molar-refractivity contribution in [2.45, 2.75) is 72.8 Å². The van der Waals surface area contributed by atoms with E-state index >= 15 is 0 Å². The van der Waals surface area contributed by atoms with E-state index in [4.69, 9.17) is 9.05 Å². The van der Waals surface area contributed by atoms with E-state index in [1.165, 1.54) is 25.7 Å². The van der Waals surface area contributed by atoms with Gasteiger partial charge in [-0.25, -0.2) is 0 Å². The molecule has 22 heavy (non-hydrogen) atoms. The van der Waals surface area contributed by atoms with Gasteiger partial charge in [-0.15, -0.1) is 6.58 Å². The van der Waals surface area contributed by atoms with Crippen LogP contribution < -0.4 is 11.0 Å². The van der Waals surface area contributed by atoms with E-state index in [9.17, 15) is 0 Å². The minimum atomic E-state index is -2.48. The average Bonchev–Trinajstić information content (AvgIpc) is 2.51. The first-order chi connectivity index (χ1) is 10.5. The molecule has 0 rings (SSSR count). The summed E-state index contributed by atoms with van der Waals surface area (Å²) in [7, 11) is -2.48. The Bertz CT molecular complexity index is 340. The molecule has 0 spiro atoms. The van der Waals surface area contributed by atoms with Gasteiger partial charge < -0.3 is 0 Å². The number of nitrogens with one attached hydrogen (secondary N) is 2. The van der Waals surface area contributed by atoms with Gasteiger partial charge in [0.1, 0.15) is 0 Å². The van der Waals surface area contributed by atoms with Gasteiger partial charge >= 0.3 is 8.56 Å². The smallest absolute Gasteiger partial charge is 0.282 e. The lowest BCUT2D eigenvalue weighted by atomic mass is 10.2. The average molecular weight is 327 g/mol. The molecular formula is C17H34N2O2Si. The predicted molar refractivity (Wildman–Crippen MR) is 96.8 cm³/mol. The summed E-state index contributed by atoms with van der Waals surface area (Å²) < 4.78 is 11.5. The summed E-state index contributed by atoms with van der Waals surface area (Å²) in [5.74, 6) is 0. The van der Waals surface area contributed by atoms with Gasteiger partial charge in [0.2, 0.25) is 0 Å². The summed E-state index contributed by atoms with van der Waals surface area (Å²) in [5, 5.41) is 0. The van der Waals surface area contributed by atoms with E-state index in [1.807, 2.05) is 20.4 Å². The van der Waals surface area contributed by atoms with Gasteiger partial charge in [0.05, 0.1) is 0 Å². The minimum Gasteiger partial charge on any atom is -0.282 e. The van der Waals surface area contributed by atoms with Crippen LogP contribution in [0.2, 0.25) is 6.55 Å². The Hall–Kier alpha value is -1.04. The topological polar surface area (TPSA) is 42.5 Å². The highest BCUT2D eigenvalue weighted by Gasteiger charge is 2.30. The Labute approximate surface area is 137 Å². The van der Waals surface area contributed by atoms with Crippen molar-refractivity contribution in [1.82, 2.24) is 11.0 Å². The highest BCUT2D eigenvalue weighted by Crippen LogP contribution is 2.08. The van der Waals surface area contributed by atoms with Crippen molar-refractivity contribution in [3.63, 3.8) is 0 Å². The van der Waals surface area contributed by atoms with E-state index in [0.29, 0.717) is 0 Å². The molecule has 0 bridgehead atoms. The maximum atomic E-state index is 5.74. The van der Waals surface area contributed by atoms with Gasteiger partial charge in [-0.3, -0.25) is 20.0 Å². The highest BCUT2D eigenvalue weighted by atomic mass is 28.4. The summed E-state index contributed by atoms with van der Waals surface area (Å²) >= 11 is 0. The number of hydroxylamine groups is 2. The molecule has 4 nitrogen and oxygen atoms in total. The van der Waals surface area contributed by atoms with Gasteiger partial charge in [-0.2, -0.15) is 0 Å². The molecule has 0 heterocycles. The van der Waals surface area contributed by atoms with Crippen LogP contribution in [-0.2, 0) is 9.05 Å². The fourth-order valence-electron chi connectivity index (χ4n) is 1.60. The van der Waals surface area contributed by atoms with Crippen molar-refractivity contribution in [3.8, 4) is 0 Å². The Morgan fingerprint density at radius 1 is 0.955 bits per heavy atom. The molecule has 5 heteroatoms. The first-order valence-corrected chi connectivity index (χ1v) is 10.7. The van der Waals surface area contributed by atoms with Crippen LogP contribution >= 0.6 is 0 Å². The van der Waals surface area contributed by atoms with Crippen LogP contribution in [0.5, 0.6) is 0 Å². The third-order valence-corrected chi connectivity index (χ3v) is 4.97. The molecule has 0 aromatic rings. The van der Waals surface area contributed by atoms with Crippen LogP contribution in [-0.4, -0.2) is 8.56 Å². The van der Waals surface area contributed by atoms with Crippen LogP contribution in [0.15, 0.2) is 35.8 Å². The van der Waals surface area contributed by atoms with Crippen LogP contribution in [0, 0.1) is 0 Å². The Morgan fingerprint density at radius 2 is 1.36 bits per heavy atom. The molecule has 0 aliphatic rings. The SMILES string of the molecule is C=C[Si](C)(ONC(C)=CCCCC)ONC(C)=CCCCC. The van der Waals surface area contributed by atoms with Gasteiger partial charge in [-0.1, -0.05) is 51.7 Å². The number of hydrogen-bond acceptors (Lipinski definition) is 4. The van der Waals surface area contributed by atoms with Crippen molar-refractivity contribution in [2.24, 2.45) is 0 Å². The Morgan fingerprint density at radius 3 is 1.68 bits per heavy atom. The summed E-state index contributed by atoms with van der Waals surface area (Å²) in [6.45, 7) is 14.1. The second-order valence-electron chi connectivity index (χ2n) is 5.69. The van der Waals surface area contributed by atoms with Gasteiger partial charge in [0, 0.05) is 11.4 Å². The Kier molecular flexibility index (Phi) is 11.9. The predicted octanol–water partition coefficient (Wildman–Crippen LogP) is 5.01. The third-order valence-electron chi connectivity index (χ3n) is 3.22. The lowest BCUT2D eigenvalue weighted by Crippen LogP contribution is -2.45. The van der Waals surface area contributed by atoms with Crippen LogP contribution in [0.1, 0.15) is 66.2 Å². The molecule has 0 amide bonds. The number of unbranched alkanes of at least 4 members (excludes halogenated alkanes) is 4. The Balaban J connectivity index is 4.26. The normalized spacial score (nSPS) is 15.3. The molecule has 0 aliphatic carbocycles. The van der Waals surface area contributed by atoms with Crippen LogP contribution in [0.4, 0.5) is 0 Å². The first-order valence-electron chi connectivity index (χ1n) is 8.32. The molecule has 0 saturated carbocycles. The zero-order valence-corrected chi connectivity index (χ0v) is 16.0. The van der Waals surface area contributed by atoms with E-state index < -0.39 is 8.56 Å². The van der Waals surface area contributed by atoms with Crippen molar-refractivity contribution in [3.05, 3.63) is 35.8 Å². The number of allylic oxidation sites excluding steroid dienone is 4. The molecule has 0 aliphatic heterocycles. The fraction of sp³-hybridized carbons (Fsp3) is 0.647. The maximum absolute atomic E-state index is 5.74. The fourth-order valence-corrected chi connectivity index (χ4v) is 2.53. The zero-order chi connectivity index (χ0) is 16.8. The van der Waals surface area contributed by atoms with E-state index in [0.717, 1.165) is 24.2 Å². The van der Waals surface area contributed by atoms with Crippen molar-refractivity contribution < 1.29 is 9.05 Å². The second kappa shape index (κ2) is 12.5. The lowest BCUT2D eigenvalue weighted by Gasteiger charge is -2.24. The summed E-state index contributed by atoms with van der Waals surface area (Å²) in [5.41, 5.74) is 9.72. The van der Waals surface area contributed by atoms with Gasteiger partial charge in [-0.05, 0) is 38.9 Å². The molecule has 2 N–H and O–H groups in total. The maximum Gasteiger partial charge on any atom is 0.411 e. The zero-order valence-electron chi connectivity index (χ0n) is 15.0. The molecule has 0 radical (unpaired) electrons. The van der Waals surface area contributed by atoms with Crippen LogP contribution in [0.3, 0.4) is 0 Å². The van der Waals surface area contributed by atoms with Crippen molar-refractivity contribution in [2.75, 3.05) is 0 Å². The lowest BCUT2D eigenvalue weighted by molar-refractivity contribution is 0.101. The summed E-state index contributed by atoms with van der Waals surface area (Å²) in [6.07, 6.45) is 11.2. The monoisotopic (exact) mass is 326 g/mol. The molecule has 0 aromatic heterocycles. The van der Waals surface area contributed by atoms with E-state index in [2.05, 4.69) is 43.5 Å². The molecule has 0 saturated heterocycles. The first kappa shape index (κ1) is 21.0. The van der Waals surface area contributed by atoms with Crippen molar-refractivity contribution >= 4 is 8.56 Å². The molecule has 128 valence electrons.